The summed E-state index contributed by atoms with van der Waals surface area (Å²) in [6, 6.07) is 12.1. The lowest BCUT2D eigenvalue weighted by molar-refractivity contribution is -0.274. The van der Waals surface area contributed by atoms with Crippen LogP contribution in [0.2, 0.25) is 0 Å². The van der Waals surface area contributed by atoms with Crippen molar-refractivity contribution in [2.24, 2.45) is 5.92 Å². The minimum absolute atomic E-state index is 0.268. The summed E-state index contributed by atoms with van der Waals surface area (Å²) in [7, 11) is 0. The van der Waals surface area contributed by atoms with Crippen molar-refractivity contribution in [3.63, 3.8) is 0 Å². The standard InChI is InChI=1S/C27H30F6N2O/c1-2-3-12-35-18-24(21-5-7-22(8-6-21)36-27(31,32)33)23-15-20(4-9-25(23)35)17-34-13-10-19(11-14-34)16-26(28,29)30/h4-9,15,18-19H,2-3,10-14,16-17H2,1H3. The molecule has 1 fully saturated rings. The molecule has 1 saturated heterocycles. The summed E-state index contributed by atoms with van der Waals surface area (Å²) in [6.45, 7) is 4.84. The first-order chi connectivity index (χ1) is 17.0. The molecule has 1 aromatic heterocycles. The lowest BCUT2D eigenvalue weighted by atomic mass is 9.93. The van der Waals surface area contributed by atoms with E-state index in [0.29, 0.717) is 32.5 Å². The number of hydrogen-bond donors (Lipinski definition) is 0. The van der Waals surface area contributed by atoms with Crippen molar-refractivity contribution in [3.05, 3.63) is 54.2 Å². The van der Waals surface area contributed by atoms with Crippen LogP contribution in [0.25, 0.3) is 22.0 Å². The number of aryl methyl sites for hydroxylation is 1. The molecule has 3 nitrogen and oxygen atoms in total. The Kier molecular flexibility index (Phi) is 7.87. The summed E-state index contributed by atoms with van der Waals surface area (Å²) in [4.78, 5) is 2.19. The van der Waals surface area contributed by atoms with Gasteiger partial charge in [0.15, 0.2) is 0 Å². The quantitative estimate of drug-likeness (QED) is 0.283. The van der Waals surface area contributed by atoms with Gasteiger partial charge in [-0.2, -0.15) is 13.2 Å². The number of likely N-dealkylation sites (tertiary alicyclic amines) is 1. The fraction of sp³-hybridized carbons (Fsp3) is 0.481. The van der Waals surface area contributed by atoms with E-state index in [0.717, 1.165) is 47.0 Å². The van der Waals surface area contributed by atoms with Crippen LogP contribution in [0.5, 0.6) is 5.75 Å². The summed E-state index contributed by atoms with van der Waals surface area (Å²) in [5, 5.41) is 1.00. The summed E-state index contributed by atoms with van der Waals surface area (Å²) in [6.07, 6.45) is -4.44. The molecule has 2 heterocycles. The SMILES string of the molecule is CCCCn1cc(-c2ccc(OC(F)(F)F)cc2)c2cc(CN3CCC(CC(F)(F)F)CC3)ccc21. The number of aromatic nitrogens is 1. The molecule has 196 valence electrons. The lowest BCUT2D eigenvalue weighted by Crippen LogP contribution is -2.34. The van der Waals surface area contributed by atoms with E-state index < -0.39 is 19.0 Å². The molecule has 36 heavy (non-hydrogen) atoms. The third kappa shape index (κ3) is 6.96. The zero-order valence-electron chi connectivity index (χ0n) is 20.1. The maximum Gasteiger partial charge on any atom is 0.573 e. The van der Waals surface area contributed by atoms with Crippen molar-refractivity contribution in [2.75, 3.05) is 13.1 Å². The number of hydrogen-bond acceptors (Lipinski definition) is 2. The zero-order valence-corrected chi connectivity index (χ0v) is 20.1. The van der Waals surface area contributed by atoms with Gasteiger partial charge in [0.1, 0.15) is 5.75 Å². The average molecular weight is 513 g/mol. The van der Waals surface area contributed by atoms with Crippen LogP contribution in [-0.4, -0.2) is 35.1 Å². The van der Waals surface area contributed by atoms with Crippen LogP contribution in [0.1, 0.15) is 44.6 Å². The number of benzene rings is 2. The Morgan fingerprint density at radius 1 is 0.944 bits per heavy atom. The second-order valence-corrected chi connectivity index (χ2v) is 9.55. The minimum atomic E-state index is -4.74. The van der Waals surface area contributed by atoms with Crippen molar-refractivity contribution in [2.45, 2.75) is 64.7 Å². The number of ether oxygens (including phenoxy) is 1. The maximum atomic E-state index is 12.7. The average Bonchev–Trinajstić information content (AvgIpc) is 3.15. The van der Waals surface area contributed by atoms with Crippen molar-refractivity contribution in [1.29, 1.82) is 0 Å². The minimum Gasteiger partial charge on any atom is -0.406 e. The molecule has 4 rings (SSSR count). The molecule has 0 spiro atoms. The smallest absolute Gasteiger partial charge is 0.406 e. The summed E-state index contributed by atoms with van der Waals surface area (Å²) < 4.78 is 81.9. The van der Waals surface area contributed by atoms with E-state index in [1.807, 2.05) is 6.20 Å². The number of unbranched alkanes of at least 4 members (excludes halogenated alkanes) is 1. The summed E-state index contributed by atoms with van der Waals surface area (Å²) >= 11 is 0. The maximum absolute atomic E-state index is 12.7. The largest absolute Gasteiger partial charge is 0.573 e. The molecule has 0 saturated carbocycles. The van der Waals surface area contributed by atoms with Crippen LogP contribution in [0.3, 0.4) is 0 Å². The van der Waals surface area contributed by atoms with Crippen molar-refractivity contribution in [1.82, 2.24) is 9.47 Å². The Labute approximate surface area is 206 Å². The number of rotatable bonds is 8. The number of alkyl halides is 6. The lowest BCUT2D eigenvalue weighted by Gasteiger charge is -2.32. The fourth-order valence-corrected chi connectivity index (χ4v) is 4.96. The highest BCUT2D eigenvalue weighted by molar-refractivity contribution is 5.96. The first-order valence-electron chi connectivity index (χ1n) is 12.3. The number of piperidine rings is 1. The van der Waals surface area contributed by atoms with Crippen LogP contribution >= 0.6 is 0 Å². The van der Waals surface area contributed by atoms with E-state index in [9.17, 15) is 26.3 Å². The van der Waals surface area contributed by atoms with Gasteiger partial charge in [-0.3, -0.25) is 4.90 Å². The van der Waals surface area contributed by atoms with Crippen molar-refractivity contribution < 1.29 is 31.1 Å². The second kappa shape index (κ2) is 10.7. The molecule has 3 aromatic rings. The van der Waals surface area contributed by atoms with Crippen LogP contribution in [0.15, 0.2) is 48.7 Å². The van der Waals surface area contributed by atoms with Crippen molar-refractivity contribution >= 4 is 10.9 Å². The molecule has 0 amide bonds. The molecule has 2 aromatic carbocycles. The second-order valence-electron chi connectivity index (χ2n) is 9.55. The molecular formula is C27H30F6N2O. The van der Waals surface area contributed by atoms with Gasteiger partial charge in [-0.25, -0.2) is 0 Å². The molecule has 0 aliphatic carbocycles. The van der Waals surface area contributed by atoms with Gasteiger partial charge in [-0.05, 0) is 73.7 Å². The van der Waals surface area contributed by atoms with E-state index in [1.54, 1.807) is 12.1 Å². The molecule has 0 unspecified atom stereocenters. The predicted octanol–water partition coefficient (Wildman–Crippen LogP) is 8.17. The van der Waals surface area contributed by atoms with Gasteiger partial charge in [0.2, 0.25) is 0 Å². The number of nitrogens with zero attached hydrogens (tertiary/aromatic N) is 2. The molecule has 0 atom stereocenters. The van der Waals surface area contributed by atoms with Crippen molar-refractivity contribution in [3.8, 4) is 16.9 Å². The monoisotopic (exact) mass is 512 g/mol. The van der Waals surface area contributed by atoms with Crippen LogP contribution in [-0.2, 0) is 13.1 Å². The third-order valence-corrected chi connectivity index (χ3v) is 6.73. The van der Waals surface area contributed by atoms with Crippen LogP contribution < -0.4 is 4.74 Å². The van der Waals surface area contributed by atoms with Gasteiger partial charge in [0.25, 0.3) is 0 Å². The van der Waals surface area contributed by atoms with Gasteiger partial charge in [-0.15, -0.1) is 13.2 Å². The molecule has 0 radical (unpaired) electrons. The highest BCUT2D eigenvalue weighted by atomic mass is 19.4. The summed E-state index contributed by atoms with van der Waals surface area (Å²) in [5.41, 5.74) is 3.81. The molecule has 9 heteroatoms. The van der Waals surface area contributed by atoms with E-state index in [2.05, 4.69) is 39.3 Å². The first kappa shape index (κ1) is 26.4. The number of fused-ring (bicyclic) bond motifs is 1. The third-order valence-electron chi connectivity index (χ3n) is 6.73. The van der Waals surface area contributed by atoms with E-state index in [4.69, 9.17) is 0 Å². The first-order valence-corrected chi connectivity index (χ1v) is 12.3. The van der Waals surface area contributed by atoms with Gasteiger partial charge < -0.3 is 9.30 Å². The Bertz CT molecular complexity index is 1140. The molecular weight excluding hydrogens is 482 g/mol. The zero-order chi connectivity index (χ0) is 25.9. The molecule has 1 aliphatic rings. The van der Waals surface area contributed by atoms with Gasteiger partial charge >= 0.3 is 12.5 Å². The topological polar surface area (TPSA) is 17.4 Å². The fourth-order valence-electron chi connectivity index (χ4n) is 4.96. The van der Waals surface area contributed by atoms with Crippen LogP contribution in [0, 0.1) is 5.92 Å². The summed E-state index contributed by atoms with van der Waals surface area (Å²) in [5.74, 6) is -0.581. The Morgan fingerprint density at radius 2 is 1.64 bits per heavy atom. The van der Waals surface area contributed by atoms with E-state index in [-0.39, 0.29) is 11.7 Å². The highest BCUT2D eigenvalue weighted by Gasteiger charge is 2.33. The molecule has 0 bridgehead atoms. The van der Waals surface area contributed by atoms with Gasteiger partial charge in [0, 0.05) is 42.2 Å². The predicted molar refractivity (Wildman–Crippen MR) is 128 cm³/mol. The van der Waals surface area contributed by atoms with Crippen LogP contribution in [0.4, 0.5) is 26.3 Å². The Morgan fingerprint density at radius 3 is 2.25 bits per heavy atom. The normalized spacial score (nSPS) is 16.1. The van der Waals surface area contributed by atoms with Gasteiger partial charge in [0.05, 0.1) is 0 Å². The van der Waals surface area contributed by atoms with E-state index in [1.165, 1.54) is 12.1 Å². The Hall–Kier alpha value is -2.68. The molecule has 0 N–H and O–H groups in total. The Balaban J connectivity index is 1.55. The van der Waals surface area contributed by atoms with Gasteiger partial charge in [-0.1, -0.05) is 31.5 Å². The highest BCUT2D eigenvalue weighted by Crippen LogP contribution is 2.35. The molecule has 1 aliphatic heterocycles. The van der Waals surface area contributed by atoms with E-state index >= 15 is 0 Å². The number of halogens is 6.